The maximum Gasteiger partial charge on any atom is 0.279 e. The Bertz CT molecular complexity index is 474. The molecule has 0 aliphatic rings. The highest BCUT2D eigenvalue weighted by Crippen LogP contribution is 1.97. The molecule has 1 heterocycles. The van der Waals surface area contributed by atoms with E-state index in [4.69, 9.17) is 0 Å². The zero-order chi connectivity index (χ0) is 15.7. The van der Waals surface area contributed by atoms with E-state index in [1.165, 1.54) is 10.6 Å². The van der Waals surface area contributed by atoms with Gasteiger partial charge in [-0.3, -0.25) is 5.10 Å². The van der Waals surface area contributed by atoms with E-state index >= 15 is 0 Å². The van der Waals surface area contributed by atoms with Gasteiger partial charge in [-0.1, -0.05) is 13.8 Å². The molecule has 1 aromatic heterocycles. The summed E-state index contributed by atoms with van der Waals surface area (Å²) in [4.78, 5) is 3.99. The molecule has 0 bridgehead atoms. The molecule has 0 saturated heterocycles. The zero-order valence-electron chi connectivity index (χ0n) is 13.0. The highest BCUT2D eigenvalue weighted by molar-refractivity contribution is 7.87. The van der Waals surface area contributed by atoms with E-state index in [2.05, 4.69) is 39.1 Å². The van der Waals surface area contributed by atoms with E-state index < -0.39 is 10.2 Å². The van der Waals surface area contributed by atoms with Crippen LogP contribution < -0.4 is 10.0 Å². The van der Waals surface area contributed by atoms with Crippen molar-refractivity contribution in [3.05, 3.63) is 12.2 Å². The molecule has 9 heteroatoms. The molecule has 0 unspecified atom stereocenters. The highest BCUT2D eigenvalue weighted by atomic mass is 32.2. The summed E-state index contributed by atoms with van der Waals surface area (Å²) in [5.74, 6) is 0.766. The van der Waals surface area contributed by atoms with Crippen LogP contribution in [0.2, 0.25) is 0 Å². The number of rotatable bonds is 11. The predicted octanol–water partition coefficient (Wildman–Crippen LogP) is -0.108. The minimum atomic E-state index is -3.39. The first-order valence-electron chi connectivity index (χ1n) is 7.20. The lowest BCUT2D eigenvalue weighted by Gasteiger charge is -2.18. The summed E-state index contributed by atoms with van der Waals surface area (Å²) in [5.41, 5.74) is 0. The Morgan fingerprint density at radius 3 is 2.71 bits per heavy atom. The van der Waals surface area contributed by atoms with Gasteiger partial charge in [-0.25, -0.2) is 9.71 Å². The standard InChI is InChI=1S/C12H26N6O2S/c1-11(2)13-7-5-9-18(3)21(19,20)16-8-4-6-12-14-10-15-17-12/h10-11,13,16H,4-9H2,1-3H3,(H,14,15,17). The lowest BCUT2D eigenvalue weighted by Crippen LogP contribution is -2.40. The largest absolute Gasteiger partial charge is 0.314 e. The SMILES string of the molecule is CC(C)NCCCN(C)S(=O)(=O)NCCCc1ncn[nH]1. The molecule has 1 aromatic rings. The van der Waals surface area contributed by atoms with E-state index in [0.29, 0.717) is 32.0 Å². The molecule has 0 saturated carbocycles. The van der Waals surface area contributed by atoms with Gasteiger partial charge in [-0.15, -0.1) is 0 Å². The van der Waals surface area contributed by atoms with E-state index in [1.807, 2.05) is 0 Å². The second kappa shape index (κ2) is 9.08. The van der Waals surface area contributed by atoms with Gasteiger partial charge in [0.05, 0.1) is 0 Å². The van der Waals surface area contributed by atoms with Gasteiger partial charge in [0.25, 0.3) is 10.2 Å². The number of aromatic nitrogens is 3. The van der Waals surface area contributed by atoms with E-state index in [9.17, 15) is 8.42 Å². The second-order valence-electron chi connectivity index (χ2n) is 5.22. The quantitative estimate of drug-likeness (QED) is 0.494. The third kappa shape index (κ3) is 7.51. The summed E-state index contributed by atoms with van der Waals surface area (Å²) in [6.45, 7) is 5.82. The Hall–Kier alpha value is -1.03. The van der Waals surface area contributed by atoms with Crippen LogP contribution in [0.5, 0.6) is 0 Å². The predicted molar refractivity (Wildman–Crippen MR) is 82.0 cm³/mol. The van der Waals surface area contributed by atoms with Crippen molar-refractivity contribution in [2.24, 2.45) is 0 Å². The normalized spacial score (nSPS) is 12.4. The van der Waals surface area contributed by atoms with Crippen molar-refractivity contribution in [2.75, 3.05) is 26.7 Å². The first kappa shape index (κ1) is 18.0. The number of aromatic amines is 1. The highest BCUT2D eigenvalue weighted by Gasteiger charge is 2.16. The Morgan fingerprint density at radius 2 is 2.10 bits per heavy atom. The van der Waals surface area contributed by atoms with Gasteiger partial charge < -0.3 is 5.32 Å². The first-order chi connectivity index (χ1) is 9.92. The summed E-state index contributed by atoms with van der Waals surface area (Å²) < 4.78 is 27.9. The zero-order valence-corrected chi connectivity index (χ0v) is 13.8. The van der Waals surface area contributed by atoms with Gasteiger partial charge in [0.2, 0.25) is 0 Å². The monoisotopic (exact) mass is 318 g/mol. The molecule has 0 aliphatic heterocycles. The molecule has 0 amide bonds. The van der Waals surface area contributed by atoms with Gasteiger partial charge >= 0.3 is 0 Å². The van der Waals surface area contributed by atoms with Crippen LogP contribution in [0.25, 0.3) is 0 Å². The summed E-state index contributed by atoms with van der Waals surface area (Å²) >= 11 is 0. The average molecular weight is 318 g/mol. The summed E-state index contributed by atoms with van der Waals surface area (Å²) in [6.07, 6.45) is 3.58. The van der Waals surface area contributed by atoms with Gasteiger partial charge in [0.15, 0.2) is 0 Å². The smallest absolute Gasteiger partial charge is 0.279 e. The molecule has 3 N–H and O–H groups in total. The molecular formula is C12H26N6O2S. The van der Waals surface area contributed by atoms with Crippen molar-refractivity contribution in [2.45, 2.75) is 39.2 Å². The average Bonchev–Trinajstić information content (AvgIpc) is 2.92. The van der Waals surface area contributed by atoms with Crippen LogP contribution in [0, 0.1) is 0 Å². The number of nitrogens with one attached hydrogen (secondary N) is 3. The van der Waals surface area contributed by atoms with Crippen molar-refractivity contribution >= 4 is 10.2 Å². The van der Waals surface area contributed by atoms with Gasteiger partial charge in [0.1, 0.15) is 12.2 Å². The molecule has 8 nitrogen and oxygen atoms in total. The third-order valence-electron chi connectivity index (χ3n) is 2.95. The molecule has 21 heavy (non-hydrogen) atoms. The fraction of sp³-hybridized carbons (Fsp3) is 0.833. The molecule has 122 valence electrons. The molecule has 1 rings (SSSR count). The van der Waals surface area contributed by atoms with Crippen LogP contribution in [0.15, 0.2) is 6.33 Å². The molecule has 0 atom stereocenters. The number of aryl methyl sites for hydroxylation is 1. The Balaban J connectivity index is 2.18. The van der Waals surface area contributed by atoms with Crippen LogP contribution in [-0.2, 0) is 16.6 Å². The lowest BCUT2D eigenvalue weighted by atomic mass is 10.3. The van der Waals surface area contributed by atoms with Crippen molar-refractivity contribution < 1.29 is 8.42 Å². The topological polar surface area (TPSA) is 103 Å². The van der Waals surface area contributed by atoms with Crippen molar-refractivity contribution in [3.63, 3.8) is 0 Å². The van der Waals surface area contributed by atoms with Gasteiger partial charge in [0, 0.05) is 32.6 Å². The molecule has 0 aromatic carbocycles. The van der Waals surface area contributed by atoms with Crippen LogP contribution in [0.4, 0.5) is 0 Å². The van der Waals surface area contributed by atoms with Crippen molar-refractivity contribution in [3.8, 4) is 0 Å². The lowest BCUT2D eigenvalue weighted by molar-refractivity contribution is 0.438. The molecular weight excluding hydrogens is 292 g/mol. The minimum absolute atomic E-state index is 0.387. The molecule has 0 radical (unpaired) electrons. The van der Waals surface area contributed by atoms with Crippen LogP contribution >= 0.6 is 0 Å². The minimum Gasteiger partial charge on any atom is -0.314 e. The maximum atomic E-state index is 12.0. The van der Waals surface area contributed by atoms with Gasteiger partial charge in [-0.05, 0) is 19.4 Å². The number of hydrogen-bond acceptors (Lipinski definition) is 5. The second-order valence-corrected chi connectivity index (χ2v) is 7.08. The Kier molecular flexibility index (Phi) is 7.79. The maximum absolute atomic E-state index is 12.0. The van der Waals surface area contributed by atoms with Crippen molar-refractivity contribution in [1.29, 1.82) is 0 Å². The fourth-order valence-electron chi connectivity index (χ4n) is 1.73. The number of hydrogen-bond donors (Lipinski definition) is 3. The molecule has 0 spiro atoms. The van der Waals surface area contributed by atoms with Crippen LogP contribution in [-0.4, -0.2) is 60.6 Å². The molecule has 0 fully saturated rings. The molecule has 0 aliphatic carbocycles. The summed E-state index contributed by atoms with van der Waals surface area (Å²) in [5, 5.41) is 9.75. The first-order valence-corrected chi connectivity index (χ1v) is 8.64. The fourth-order valence-corrected chi connectivity index (χ4v) is 2.72. The van der Waals surface area contributed by atoms with Crippen molar-refractivity contribution in [1.82, 2.24) is 29.5 Å². The number of H-pyrrole nitrogens is 1. The third-order valence-corrected chi connectivity index (χ3v) is 4.52. The van der Waals surface area contributed by atoms with E-state index in [1.54, 1.807) is 7.05 Å². The summed E-state index contributed by atoms with van der Waals surface area (Å²) in [6, 6.07) is 0.418. The Morgan fingerprint density at radius 1 is 1.33 bits per heavy atom. The van der Waals surface area contributed by atoms with Gasteiger partial charge in [-0.2, -0.15) is 17.8 Å². The van der Waals surface area contributed by atoms with Crippen LogP contribution in [0.1, 0.15) is 32.5 Å². The summed E-state index contributed by atoms with van der Waals surface area (Å²) in [7, 11) is -1.80. The van der Waals surface area contributed by atoms with E-state index in [0.717, 1.165) is 18.8 Å². The van der Waals surface area contributed by atoms with E-state index in [-0.39, 0.29) is 0 Å². The Labute approximate surface area is 126 Å². The van der Waals surface area contributed by atoms with Crippen LogP contribution in [0.3, 0.4) is 0 Å². The number of nitrogens with zero attached hydrogens (tertiary/aromatic N) is 3.